The summed E-state index contributed by atoms with van der Waals surface area (Å²) < 4.78 is 5.42. The maximum Gasteiger partial charge on any atom is 0.165 e. The van der Waals surface area contributed by atoms with Gasteiger partial charge in [0.15, 0.2) is 5.65 Å². The smallest absolute Gasteiger partial charge is 0.165 e. The lowest BCUT2D eigenvalue weighted by Crippen LogP contribution is -2.36. The second kappa shape index (κ2) is 7.44. The van der Waals surface area contributed by atoms with Gasteiger partial charge in [0.25, 0.3) is 0 Å². The standard InChI is InChI=1S/C22H20N6O/c23-21-20-17(15-4-2-1-3-5-15)12-18(27-22(20)26-14-25-21)16-6-7-19(24-13-16)28-8-10-29-11-9-28/h1-7,12-14H,8-11H2,(H2,23,25,26,27). The number of anilines is 2. The van der Waals surface area contributed by atoms with Gasteiger partial charge in [0.1, 0.15) is 18.0 Å². The average Bonchev–Trinajstić information content (AvgIpc) is 2.80. The number of nitrogens with zero attached hydrogens (tertiary/aromatic N) is 5. The van der Waals surface area contributed by atoms with Crippen molar-refractivity contribution >= 4 is 22.7 Å². The third kappa shape index (κ3) is 3.36. The van der Waals surface area contributed by atoms with E-state index in [1.54, 1.807) is 0 Å². The number of aromatic nitrogens is 4. The lowest BCUT2D eigenvalue weighted by molar-refractivity contribution is 0.122. The molecule has 29 heavy (non-hydrogen) atoms. The number of nitrogen functional groups attached to an aromatic ring is 1. The Morgan fingerprint density at radius 2 is 1.72 bits per heavy atom. The molecule has 2 N–H and O–H groups in total. The lowest BCUT2D eigenvalue weighted by atomic mass is 10.0. The molecule has 0 radical (unpaired) electrons. The zero-order valence-electron chi connectivity index (χ0n) is 15.8. The van der Waals surface area contributed by atoms with Crippen LogP contribution in [0.1, 0.15) is 0 Å². The van der Waals surface area contributed by atoms with Gasteiger partial charge >= 0.3 is 0 Å². The third-order valence-corrected chi connectivity index (χ3v) is 5.10. The van der Waals surface area contributed by atoms with Crippen molar-refractivity contribution in [1.29, 1.82) is 0 Å². The summed E-state index contributed by atoms with van der Waals surface area (Å²) in [5.74, 6) is 1.38. The molecular weight excluding hydrogens is 364 g/mol. The van der Waals surface area contributed by atoms with Crippen LogP contribution in [0, 0.1) is 0 Å². The molecule has 1 aliphatic heterocycles. The van der Waals surface area contributed by atoms with Gasteiger partial charge in [-0.25, -0.2) is 19.9 Å². The monoisotopic (exact) mass is 384 g/mol. The van der Waals surface area contributed by atoms with E-state index in [0.717, 1.165) is 59.9 Å². The molecule has 7 heteroatoms. The molecule has 1 aliphatic rings. The van der Waals surface area contributed by atoms with E-state index in [1.807, 2.05) is 54.7 Å². The first-order valence-corrected chi connectivity index (χ1v) is 9.55. The highest BCUT2D eigenvalue weighted by Crippen LogP contribution is 2.33. The number of morpholine rings is 1. The highest BCUT2D eigenvalue weighted by molar-refractivity contribution is 6.00. The predicted molar refractivity (Wildman–Crippen MR) is 113 cm³/mol. The Kier molecular flexibility index (Phi) is 4.50. The molecule has 4 aromatic rings. The van der Waals surface area contributed by atoms with Crippen LogP contribution in [0.15, 0.2) is 61.1 Å². The Morgan fingerprint density at radius 1 is 0.897 bits per heavy atom. The van der Waals surface area contributed by atoms with Crippen LogP contribution >= 0.6 is 0 Å². The highest BCUT2D eigenvalue weighted by Gasteiger charge is 2.15. The minimum atomic E-state index is 0.425. The van der Waals surface area contributed by atoms with Gasteiger partial charge in [-0.1, -0.05) is 30.3 Å². The van der Waals surface area contributed by atoms with Crippen molar-refractivity contribution < 1.29 is 4.74 Å². The fraction of sp³-hybridized carbons (Fsp3) is 0.182. The first-order chi connectivity index (χ1) is 14.3. The second-order valence-electron chi connectivity index (χ2n) is 6.88. The minimum Gasteiger partial charge on any atom is -0.383 e. The summed E-state index contributed by atoms with van der Waals surface area (Å²) in [6, 6.07) is 16.2. The largest absolute Gasteiger partial charge is 0.383 e. The SMILES string of the molecule is Nc1ncnc2nc(-c3ccc(N4CCOCC4)nc3)cc(-c3ccccc3)c12. The van der Waals surface area contributed by atoms with Gasteiger partial charge in [0.2, 0.25) is 0 Å². The number of ether oxygens (including phenoxy) is 1. The summed E-state index contributed by atoms with van der Waals surface area (Å²) in [4.78, 5) is 20.1. The number of nitrogens with two attached hydrogens (primary N) is 1. The number of hydrogen-bond acceptors (Lipinski definition) is 7. The van der Waals surface area contributed by atoms with Gasteiger partial charge in [-0.15, -0.1) is 0 Å². The molecule has 4 heterocycles. The Hall–Kier alpha value is -3.58. The van der Waals surface area contributed by atoms with Crippen molar-refractivity contribution in [3.8, 4) is 22.4 Å². The van der Waals surface area contributed by atoms with Crippen molar-refractivity contribution in [1.82, 2.24) is 19.9 Å². The molecule has 0 spiro atoms. The van der Waals surface area contributed by atoms with E-state index in [1.165, 1.54) is 6.33 Å². The van der Waals surface area contributed by atoms with Gasteiger partial charge in [0.05, 0.1) is 24.3 Å². The fourth-order valence-corrected chi connectivity index (χ4v) is 3.60. The molecular formula is C22H20N6O. The molecule has 0 atom stereocenters. The van der Waals surface area contributed by atoms with Crippen LogP contribution in [-0.2, 0) is 4.74 Å². The molecule has 0 unspecified atom stereocenters. The first kappa shape index (κ1) is 17.5. The molecule has 0 aliphatic carbocycles. The van der Waals surface area contributed by atoms with Gasteiger partial charge in [-0.3, -0.25) is 0 Å². The highest BCUT2D eigenvalue weighted by atomic mass is 16.5. The Balaban J connectivity index is 1.60. The molecule has 144 valence electrons. The van der Waals surface area contributed by atoms with Crippen LogP contribution in [0.25, 0.3) is 33.4 Å². The molecule has 0 bridgehead atoms. The molecule has 5 rings (SSSR count). The molecule has 0 amide bonds. The van der Waals surface area contributed by atoms with Crippen LogP contribution < -0.4 is 10.6 Å². The van der Waals surface area contributed by atoms with E-state index in [-0.39, 0.29) is 0 Å². The number of benzene rings is 1. The normalized spacial score (nSPS) is 14.3. The number of hydrogen-bond donors (Lipinski definition) is 1. The lowest BCUT2D eigenvalue weighted by Gasteiger charge is -2.27. The zero-order valence-corrected chi connectivity index (χ0v) is 15.8. The van der Waals surface area contributed by atoms with Crippen molar-refractivity contribution in [3.63, 3.8) is 0 Å². The fourth-order valence-electron chi connectivity index (χ4n) is 3.60. The van der Waals surface area contributed by atoms with E-state index in [9.17, 15) is 0 Å². The molecule has 3 aromatic heterocycles. The quantitative estimate of drug-likeness (QED) is 0.580. The maximum absolute atomic E-state index is 6.17. The molecule has 1 saturated heterocycles. The van der Waals surface area contributed by atoms with Gasteiger partial charge in [-0.2, -0.15) is 0 Å². The second-order valence-corrected chi connectivity index (χ2v) is 6.88. The van der Waals surface area contributed by atoms with Crippen LogP contribution in [0.2, 0.25) is 0 Å². The summed E-state index contributed by atoms with van der Waals surface area (Å²) in [6.45, 7) is 3.18. The van der Waals surface area contributed by atoms with Crippen molar-refractivity contribution in [2.24, 2.45) is 0 Å². The number of rotatable bonds is 3. The summed E-state index contributed by atoms with van der Waals surface area (Å²) >= 11 is 0. The Labute approximate surface area is 168 Å². The van der Waals surface area contributed by atoms with Crippen molar-refractivity contribution in [2.75, 3.05) is 36.9 Å². The Morgan fingerprint density at radius 3 is 2.48 bits per heavy atom. The molecule has 1 aromatic carbocycles. The van der Waals surface area contributed by atoms with E-state index in [4.69, 9.17) is 15.5 Å². The van der Waals surface area contributed by atoms with Gasteiger partial charge < -0.3 is 15.4 Å². The van der Waals surface area contributed by atoms with Gasteiger partial charge in [0, 0.05) is 24.8 Å². The van der Waals surface area contributed by atoms with Crippen LogP contribution in [-0.4, -0.2) is 46.2 Å². The number of pyridine rings is 2. The molecule has 7 nitrogen and oxygen atoms in total. The Bertz CT molecular complexity index is 1140. The third-order valence-electron chi connectivity index (χ3n) is 5.10. The summed E-state index contributed by atoms with van der Waals surface area (Å²) in [7, 11) is 0. The topological polar surface area (TPSA) is 90.0 Å². The van der Waals surface area contributed by atoms with E-state index in [0.29, 0.717) is 11.5 Å². The van der Waals surface area contributed by atoms with E-state index < -0.39 is 0 Å². The van der Waals surface area contributed by atoms with Crippen LogP contribution in [0.3, 0.4) is 0 Å². The predicted octanol–water partition coefficient (Wildman–Crippen LogP) is 3.17. The van der Waals surface area contributed by atoms with Crippen LogP contribution in [0.5, 0.6) is 0 Å². The minimum absolute atomic E-state index is 0.425. The zero-order chi connectivity index (χ0) is 19.6. The summed E-state index contributed by atoms with van der Waals surface area (Å²) in [5, 5.41) is 0.764. The molecule has 1 fully saturated rings. The molecule has 0 saturated carbocycles. The maximum atomic E-state index is 6.17. The first-order valence-electron chi connectivity index (χ1n) is 9.55. The van der Waals surface area contributed by atoms with Crippen molar-refractivity contribution in [2.45, 2.75) is 0 Å². The van der Waals surface area contributed by atoms with Crippen LogP contribution in [0.4, 0.5) is 11.6 Å². The summed E-state index contributed by atoms with van der Waals surface area (Å²) in [5.41, 5.74) is 10.5. The number of fused-ring (bicyclic) bond motifs is 1. The van der Waals surface area contributed by atoms with Gasteiger partial charge in [-0.05, 0) is 29.3 Å². The van der Waals surface area contributed by atoms with Crippen molar-refractivity contribution in [3.05, 3.63) is 61.1 Å². The van der Waals surface area contributed by atoms with E-state index >= 15 is 0 Å². The average molecular weight is 384 g/mol. The summed E-state index contributed by atoms with van der Waals surface area (Å²) in [6.07, 6.45) is 3.31. The van der Waals surface area contributed by atoms with E-state index in [2.05, 4.69) is 19.9 Å².